The number of Topliss-reactive ketones (excluding diaryl/α,β-unsaturated/α-hetero) is 1. The van der Waals surface area contributed by atoms with Gasteiger partial charge in [0, 0.05) is 5.56 Å². The van der Waals surface area contributed by atoms with Crippen molar-refractivity contribution in [3.8, 4) is 11.5 Å². The molecular formula is C20H22O5. The first kappa shape index (κ1) is 18.5. The number of rotatable bonds is 6. The number of ether oxygens (including phenoxy) is 3. The minimum absolute atomic E-state index is 0.164. The maximum absolute atomic E-state index is 12.5. The third-order valence-electron chi connectivity index (χ3n) is 3.92. The summed E-state index contributed by atoms with van der Waals surface area (Å²) in [5, 5.41) is 0. The lowest BCUT2D eigenvalue weighted by atomic mass is 9.97. The molecule has 5 nitrogen and oxygen atoms in total. The van der Waals surface area contributed by atoms with Gasteiger partial charge in [0.1, 0.15) is 17.1 Å². The lowest BCUT2D eigenvalue weighted by Gasteiger charge is -2.13. The second kappa shape index (κ2) is 7.83. The van der Waals surface area contributed by atoms with Crippen LogP contribution in [0.1, 0.15) is 37.4 Å². The van der Waals surface area contributed by atoms with Crippen LogP contribution >= 0.6 is 0 Å². The summed E-state index contributed by atoms with van der Waals surface area (Å²) in [6, 6.07) is 8.85. The molecule has 0 atom stereocenters. The fourth-order valence-electron chi connectivity index (χ4n) is 2.95. The van der Waals surface area contributed by atoms with E-state index in [9.17, 15) is 9.59 Å². The highest BCUT2D eigenvalue weighted by molar-refractivity contribution is 6.02. The van der Waals surface area contributed by atoms with Crippen LogP contribution in [0.15, 0.2) is 30.3 Å². The van der Waals surface area contributed by atoms with E-state index in [2.05, 4.69) is 0 Å². The summed E-state index contributed by atoms with van der Waals surface area (Å²) in [5.74, 6) is -0.235. The average molecular weight is 342 g/mol. The summed E-state index contributed by atoms with van der Waals surface area (Å²) in [4.78, 5) is 24.9. The van der Waals surface area contributed by atoms with E-state index in [1.807, 2.05) is 32.9 Å². The molecule has 0 saturated heterocycles. The highest BCUT2D eigenvalue weighted by Crippen LogP contribution is 2.29. The zero-order chi connectivity index (χ0) is 18.6. The van der Waals surface area contributed by atoms with Crippen molar-refractivity contribution in [1.29, 1.82) is 0 Å². The smallest absolute Gasteiger partial charge is 0.346 e. The molecule has 5 heteroatoms. The summed E-state index contributed by atoms with van der Waals surface area (Å²) >= 11 is 0. The molecule has 2 rings (SSSR count). The Hall–Kier alpha value is -2.82. The molecule has 2 aromatic carbocycles. The summed E-state index contributed by atoms with van der Waals surface area (Å²) in [5.41, 5.74) is 3.58. The highest BCUT2D eigenvalue weighted by atomic mass is 16.5. The van der Waals surface area contributed by atoms with E-state index < -0.39 is 5.97 Å². The van der Waals surface area contributed by atoms with Gasteiger partial charge in [-0.15, -0.1) is 0 Å². The molecule has 0 spiro atoms. The van der Waals surface area contributed by atoms with Gasteiger partial charge in [-0.2, -0.15) is 0 Å². The monoisotopic (exact) mass is 342 g/mol. The molecular weight excluding hydrogens is 320 g/mol. The van der Waals surface area contributed by atoms with Gasteiger partial charge in [0.15, 0.2) is 6.61 Å². The summed E-state index contributed by atoms with van der Waals surface area (Å²) in [6.07, 6.45) is 0. The van der Waals surface area contributed by atoms with Gasteiger partial charge in [-0.1, -0.05) is 23.8 Å². The van der Waals surface area contributed by atoms with E-state index in [1.165, 1.54) is 14.2 Å². The van der Waals surface area contributed by atoms with Crippen LogP contribution in [0.2, 0.25) is 0 Å². The van der Waals surface area contributed by atoms with Crippen molar-refractivity contribution in [1.82, 2.24) is 0 Å². The molecule has 0 heterocycles. The number of aryl methyl sites for hydroxylation is 3. The molecule has 0 N–H and O–H groups in total. The number of ketones is 1. The molecule has 0 aliphatic carbocycles. The van der Waals surface area contributed by atoms with E-state index in [0.29, 0.717) is 17.1 Å². The van der Waals surface area contributed by atoms with Gasteiger partial charge >= 0.3 is 5.97 Å². The van der Waals surface area contributed by atoms with Gasteiger partial charge in [-0.3, -0.25) is 4.79 Å². The summed E-state index contributed by atoms with van der Waals surface area (Å²) < 4.78 is 15.6. The number of hydrogen-bond donors (Lipinski definition) is 0. The normalized spacial score (nSPS) is 10.3. The van der Waals surface area contributed by atoms with Crippen molar-refractivity contribution in [2.24, 2.45) is 0 Å². The third kappa shape index (κ3) is 3.99. The minimum atomic E-state index is -0.662. The Morgan fingerprint density at radius 3 is 1.88 bits per heavy atom. The second-order valence-electron chi connectivity index (χ2n) is 5.81. The van der Waals surface area contributed by atoms with Crippen LogP contribution in [0.5, 0.6) is 11.5 Å². The topological polar surface area (TPSA) is 61.8 Å². The molecule has 0 saturated carbocycles. The molecule has 132 valence electrons. The van der Waals surface area contributed by atoms with Gasteiger partial charge in [-0.05, 0) is 44.0 Å². The van der Waals surface area contributed by atoms with Crippen LogP contribution in [-0.2, 0) is 4.74 Å². The van der Waals surface area contributed by atoms with Crippen molar-refractivity contribution in [3.05, 3.63) is 58.1 Å². The van der Waals surface area contributed by atoms with Crippen molar-refractivity contribution < 1.29 is 23.8 Å². The molecule has 0 unspecified atom stereocenters. The van der Waals surface area contributed by atoms with Crippen molar-refractivity contribution in [2.75, 3.05) is 20.8 Å². The number of methoxy groups -OCH3 is 2. The zero-order valence-corrected chi connectivity index (χ0v) is 15.1. The summed E-state index contributed by atoms with van der Waals surface area (Å²) in [6.45, 7) is 5.38. The first-order valence-electron chi connectivity index (χ1n) is 7.88. The SMILES string of the molecule is COc1cccc(OC)c1C(=O)OCC(=O)c1c(C)cc(C)cc1C. The molecule has 0 fully saturated rings. The number of carbonyl (C=O) groups excluding carboxylic acids is 2. The predicted molar refractivity (Wildman–Crippen MR) is 94.8 cm³/mol. The largest absolute Gasteiger partial charge is 0.496 e. The van der Waals surface area contributed by atoms with Crippen LogP contribution in [0.25, 0.3) is 0 Å². The van der Waals surface area contributed by atoms with Crippen molar-refractivity contribution in [3.63, 3.8) is 0 Å². The fourth-order valence-corrected chi connectivity index (χ4v) is 2.95. The molecule has 0 aromatic heterocycles. The van der Waals surface area contributed by atoms with E-state index in [4.69, 9.17) is 14.2 Å². The molecule has 0 aliphatic heterocycles. The number of esters is 1. The fraction of sp³-hybridized carbons (Fsp3) is 0.300. The Kier molecular flexibility index (Phi) is 5.80. The second-order valence-corrected chi connectivity index (χ2v) is 5.81. The third-order valence-corrected chi connectivity index (χ3v) is 3.92. The standard InChI is InChI=1S/C20H22O5/c1-12-9-13(2)18(14(3)10-12)15(21)11-25-20(22)19-16(23-4)7-6-8-17(19)24-5/h6-10H,11H2,1-5H3. The molecule has 0 amide bonds. The molecule has 25 heavy (non-hydrogen) atoms. The maximum Gasteiger partial charge on any atom is 0.346 e. The maximum atomic E-state index is 12.5. The molecule has 0 radical (unpaired) electrons. The zero-order valence-electron chi connectivity index (χ0n) is 15.1. The number of hydrogen-bond acceptors (Lipinski definition) is 5. The van der Waals surface area contributed by atoms with E-state index in [-0.39, 0.29) is 18.0 Å². The Labute approximate surface area is 147 Å². The number of benzene rings is 2. The van der Waals surface area contributed by atoms with Crippen LogP contribution in [0.3, 0.4) is 0 Å². The first-order chi connectivity index (χ1) is 11.9. The van der Waals surface area contributed by atoms with E-state index >= 15 is 0 Å². The Bertz CT molecular complexity index is 762. The van der Waals surface area contributed by atoms with E-state index in [1.54, 1.807) is 18.2 Å². The van der Waals surface area contributed by atoms with Gasteiger partial charge in [-0.25, -0.2) is 4.79 Å². The first-order valence-corrected chi connectivity index (χ1v) is 7.88. The predicted octanol–water partition coefficient (Wildman–Crippen LogP) is 3.67. The van der Waals surface area contributed by atoms with Crippen molar-refractivity contribution in [2.45, 2.75) is 20.8 Å². The highest BCUT2D eigenvalue weighted by Gasteiger charge is 2.22. The number of carbonyl (C=O) groups is 2. The van der Waals surface area contributed by atoms with Crippen LogP contribution in [0, 0.1) is 20.8 Å². The Morgan fingerprint density at radius 2 is 1.40 bits per heavy atom. The van der Waals surface area contributed by atoms with Gasteiger partial charge < -0.3 is 14.2 Å². The molecule has 2 aromatic rings. The Balaban J connectivity index is 2.20. The van der Waals surface area contributed by atoms with Gasteiger partial charge in [0.05, 0.1) is 14.2 Å². The van der Waals surface area contributed by atoms with Crippen LogP contribution in [-0.4, -0.2) is 32.6 Å². The van der Waals surface area contributed by atoms with Crippen LogP contribution in [0.4, 0.5) is 0 Å². The van der Waals surface area contributed by atoms with Crippen molar-refractivity contribution >= 4 is 11.8 Å². The Morgan fingerprint density at radius 1 is 0.880 bits per heavy atom. The molecule has 0 bridgehead atoms. The van der Waals surface area contributed by atoms with Gasteiger partial charge in [0.2, 0.25) is 5.78 Å². The lowest BCUT2D eigenvalue weighted by Crippen LogP contribution is -2.17. The quantitative estimate of drug-likeness (QED) is 0.592. The average Bonchev–Trinajstić information content (AvgIpc) is 2.57. The lowest BCUT2D eigenvalue weighted by molar-refractivity contribution is 0.0468. The molecule has 0 aliphatic rings. The van der Waals surface area contributed by atoms with Gasteiger partial charge in [0.25, 0.3) is 0 Å². The van der Waals surface area contributed by atoms with Crippen LogP contribution < -0.4 is 9.47 Å². The minimum Gasteiger partial charge on any atom is -0.496 e. The van der Waals surface area contributed by atoms with E-state index in [0.717, 1.165) is 16.7 Å². The summed E-state index contributed by atoms with van der Waals surface area (Å²) in [7, 11) is 2.91.